The fourth-order valence-corrected chi connectivity index (χ4v) is 1.42. The molecule has 0 atom stereocenters. The van der Waals surface area contributed by atoms with Crippen LogP contribution in [-0.2, 0) is 11.3 Å². The molecule has 3 nitrogen and oxygen atoms in total. The van der Waals surface area contributed by atoms with E-state index in [1.165, 1.54) is 12.5 Å². The fourth-order valence-electron chi connectivity index (χ4n) is 1.42. The summed E-state index contributed by atoms with van der Waals surface area (Å²) in [4.78, 5) is 10.8. The van der Waals surface area contributed by atoms with Crippen LogP contribution in [0.5, 0.6) is 0 Å². The smallest absolute Gasteiger partial charge is 0.221 e. The number of hydrogen-bond acceptors (Lipinski definition) is 2. The van der Waals surface area contributed by atoms with Crippen LogP contribution in [0.3, 0.4) is 0 Å². The average molecular weight is 230 g/mol. The lowest BCUT2D eigenvalue weighted by Gasteiger charge is -2.05. The van der Waals surface area contributed by atoms with Crippen molar-refractivity contribution in [2.75, 3.05) is 11.9 Å². The summed E-state index contributed by atoms with van der Waals surface area (Å²) >= 11 is 0. The maximum atomic E-state index is 10.8. The second kappa shape index (κ2) is 7.48. The lowest BCUT2D eigenvalue weighted by atomic mass is 10.2. The number of hydrogen-bond donors (Lipinski definition) is 2. The molecule has 1 aromatic carbocycles. The van der Waals surface area contributed by atoms with Gasteiger partial charge < -0.3 is 10.6 Å². The molecule has 3 heteroatoms. The number of amides is 1. The highest BCUT2D eigenvalue weighted by Gasteiger charge is 1.96. The second-order valence-corrected chi connectivity index (χ2v) is 3.73. The monoisotopic (exact) mass is 230 g/mol. The molecule has 1 aromatic rings. The number of anilines is 1. The van der Waals surface area contributed by atoms with Crippen LogP contribution in [0.4, 0.5) is 5.69 Å². The van der Waals surface area contributed by atoms with Gasteiger partial charge in [0.2, 0.25) is 5.91 Å². The molecule has 0 saturated heterocycles. The van der Waals surface area contributed by atoms with E-state index in [2.05, 4.69) is 22.5 Å². The summed E-state index contributed by atoms with van der Waals surface area (Å²) in [7, 11) is 0. The Labute approximate surface area is 103 Å². The van der Waals surface area contributed by atoms with Gasteiger partial charge in [-0.2, -0.15) is 0 Å². The third kappa shape index (κ3) is 5.74. The average Bonchev–Trinajstić information content (AvgIpc) is 2.30. The van der Waals surface area contributed by atoms with Gasteiger partial charge in [-0.15, -0.1) is 11.8 Å². The maximum absolute atomic E-state index is 10.8. The highest BCUT2D eigenvalue weighted by atomic mass is 16.1. The molecule has 1 rings (SSSR count). The standard InChI is InChI=1S/C14H18N2O/c1-3-4-5-10-15-11-13-6-8-14(9-7-13)16-12(2)17/h6-9,15H,5,10-11H2,1-2H3,(H,16,17). The summed E-state index contributed by atoms with van der Waals surface area (Å²) in [6, 6.07) is 7.82. The quantitative estimate of drug-likeness (QED) is 0.601. The normalized spacial score (nSPS) is 9.29. The van der Waals surface area contributed by atoms with Gasteiger partial charge in [0, 0.05) is 32.1 Å². The van der Waals surface area contributed by atoms with E-state index in [-0.39, 0.29) is 5.91 Å². The Hall–Kier alpha value is -1.79. The van der Waals surface area contributed by atoms with E-state index in [1.54, 1.807) is 0 Å². The largest absolute Gasteiger partial charge is 0.326 e. The van der Waals surface area contributed by atoms with Crippen molar-refractivity contribution in [3.05, 3.63) is 29.8 Å². The molecular weight excluding hydrogens is 212 g/mol. The topological polar surface area (TPSA) is 41.1 Å². The molecule has 0 bridgehead atoms. The zero-order chi connectivity index (χ0) is 12.5. The van der Waals surface area contributed by atoms with Gasteiger partial charge in [0.1, 0.15) is 0 Å². The lowest BCUT2D eigenvalue weighted by Crippen LogP contribution is -2.14. The van der Waals surface area contributed by atoms with Crippen molar-refractivity contribution in [3.8, 4) is 11.8 Å². The van der Waals surface area contributed by atoms with E-state index in [0.29, 0.717) is 0 Å². The van der Waals surface area contributed by atoms with Gasteiger partial charge >= 0.3 is 0 Å². The molecule has 90 valence electrons. The number of rotatable bonds is 5. The van der Waals surface area contributed by atoms with Crippen molar-refractivity contribution >= 4 is 11.6 Å². The van der Waals surface area contributed by atoms with Crippen molar-refractivity contribution < 1.29 is 4.79 Å². The van der Waals surface area contributed by atoms with Crippen molar-refractivity contribution in [2.24, 2.45) is 0 Å². The van der Waals surface area contributed by atoms with Crippen LogP contribution < -0.4 is 10.6 Å². The van der Waals surface area contributed by atoms with E-state index < -0.39 is 0 Å². The predicted octanol–water partition coefficient (Wildman–Crippen LogP) is 2.15. The third-order valence-electron chi connectivity index (χ3n) is 2.21. The maximum Gasteiger partial charge on any atom is 0.221 e. The highest BCUT2D eigenvalue weighted by molar-refractivity contribution is 5.88. The van der Waals surface area contributed by atoms with E-state index in [9.17, 15) is 4.79 Å². The molecule has 17 heavy (non-hydrogen) atoms. The Bertz CT molecular complexity index is 412. The Morgan fingerprint density at radius 1 is 1.29 bits per heavy atom. The van der Waals surface area contributed by atoms with Crippen LogP contribution in [0.1, 0.15) is 25.8 Å². The highest BCUT2D eigenvalue weighted by Crippen LogP contribution is 2.09. The van der Waals surface area contributed by atoms with E-state index in [0.717, 1.165) is 25.2 Å². The Morgan fingerprint density at radius 2 is 2.00 bits per heavy atom. The van der Waals surface area contributed by atoms with Crippen LogP contribution in [0, 0.1) is 11.8 Å². The van der Waals surface area contributed by atoms with Gasteiger partial charge in [-0.05, 0) is 24.6 Å². The first kappa shape index (κ1) is 13.3. The van der Waals surface area contributed by atoms with Gasteiger partial charge in [0.25, 0.3) is 0 Å². The summed E-state index contributed by atoms with van der Waals surface area (Å²) in [5.74, 6) is 5.82. The molecule has 0 spiro atoms. The molecule has 2 N–H and O–H groups in total. The van der Waals surface area contributed by atoms with E-state index >= 15 is 0 Å². The Kier molecular flexibility index (Phi) is 5.84. The van der Waals surface area contributed by atoms with Crippen molar-refractivity contribution in [1.82, 2.24) is 5.32 Å². The Balaban J connectivity index is 2.34. The molecule has 0 aliphatic carbocycles. The molecule has 0 unspecified atom stereocenters. The van der Waals surface area contributed by atoms with Crippen LogP contribution in [0.2, 0.25) is 0 Å². The minimum absolute atomic E-state index is 0.0472. The summed E-state index contributed by atoms with van der Waals surface area (Å²) in [5.41, 5.74) is 2.03. The predicted molar refractivity (Wildman–Crippen MR) is 70.5 cm³/mol. The Morgan fingerprint density at radius 3 is 2.59 bits per heavy atom. The van der Waals surface area contributed by atoms with Crippen LogP contribution >= 0.6 is 0 Å². The number of carbonyl (C=O) groups excluding carboxylic acids is 1. The van der Waals surface area contributed by atoms with Gasteiger partial charge in [0.15, 0.2) is 0 Å². The lowest BCUT2D eigenvalue weighted by molar-refractivity contribution is -0.114. The SMILES string of the molecule is CC#CCCNCc1ccc(NC(C)=O)cc1. The minimum atomic E-state index is -0.0472. The number of nitrogens with one attached hydrogen (secondary N) is 2. The summed E-state index contributed by atoms with van der Waals surface area (Å²) in [6.07, 6.45) is 0.875. The molecule has 0 aliphatic rings. The van der Waals surface area contributed by atoms with Crippen LogP contribution in [-0.4, -0.2) is 12.5 Å². The van der Waals surface area contributed by atoms with Crippen molar-refractivity contribution in [2.45, 2.75) is 26.8 Å². The minimum Gasteiger partial charge on any atom is -0.326 e. The van der Waals surface area contributed by atoms with Gasteiger partial charge in [-0.25, -0.2) is 0 Å². The van der Waals surface area contributed by atoms with Crippen molar-refractivity contribution in [3.63, 3.8) is 0 Å². The van der Waals surface area contributed by atoms with Gasteiger partial charge in [-0.1, -0.05) is 12.1 Å². The summed E-state index contributed by atoms with van der Waals surface area (Å²) in [5, 5.41) is 6.05. The molecule has 0 fully saturated rings. The van der Waals surface area contributed by atoms with E-state index in [4.69, 9.17) is 0 Å². The number of carbonyl (C=O) groups is 1. The van der Waals surface area contributed by atoms with E-state index in [1.807, 2.05) is 31.2 Å². The first-order chi connectivity index (χ1) is 8.22. The van der Waals surface area contributed by atoms with Gasteiger partial charge in [-0.3, -0.25) is 4.79 Å². The van der Waals surface area contributed by atoms with Gasteiger partial charge in [0.05, 0.1) is 0 Å². The first-order valence-electron chi connectivity index (χ1n) is 5.69. The first-order valence-corrected chi connectivity index (χ1v) is 5.69. The summed E-state index contributed by atoms with van der Waals surface area (Å²) in [6.45, 7) is 5.07. The second-order valence-electron chi connectivity index (χ2n) is 3.73. The number of benzene rings is 1. The zero-order valence-electron chi connectivity index (χ0n) is 10.3. The zero-order valence-corrected chi connectivity index (χ0v) is 10.3. The molecule has 1 amide bonds. The van der Waals surface area contributed by atoms with Crippen molar-refractivity contribution in [1.29, 1.82) is 0 Å². The summed E-state index contributed by atoms with van der Waals surface area (Å²) < 4.78 is 0. The van der Waals surface area contributed by atoms with Crippen LogP contribution in [0.15, 0.2) is 24.3 Å². The van der Waals surface area contributed by atoms with Crippen LogP contribution in [0.25, 0.3) is 0 Å². The molecule has 0 heterocycles. The molecule has 0 aliphatic heterocycles. The molecule has 0 aromatic heterocycles. The molecular formula is C14H18N2O. The fraction of sp³-hybridized carbons (Fsp3) is 0.357. The third-order valence-corrected chi connectivity index (χ3v) is 2.21. The molecule has 0 radical (unpaired) electrons. The molecule has 0 saturated carbocycles.